The Hall–Kier alpha value is -1.91. The summed E-state index contributed by atoms with van der Waals surface area (Å²) < 4.78 is 13.3. The van der Waals surface area contributed by atoms with Crippen molar-refractivity contribution in [1.29, 1.82) is 0 Å². The molecule has 1 saturated carbocycles. The first-order valence-corrected chi connectivity index (χ1v) is 7.89. The number of halogens is 1. The fourth-order valence-corrected chi connectivity index (χ4v) is 3.63. The molecule has 0 aromatic heterocycles. The number of hydrogen-bond donors (Lipinski definition) is 1. The van der Waals surface area contributed by atoms with E-state index in [0.717, 1.165) is 25.7 Å². The average molecular weight is 304 g/mol. The molecule has 3 amide bonds. The van der Waals surface area contributed by atoms with Crippen molar-refractivity contribution in [3.63, 3.8) is 0 Å². The molecule has 3 rings (SSSR count). The molecular formula is C17H21FN2O2. The van der Waals surface area contributed by atoms with Crippen molar-refractivity contribution in [2.75, 3.05) is 0 Å². The summed E-state index contributed by atoms with van der Waals surface area (Å²) in [5.41, 5.74) is -0.193. The van der Waals surface area contributed by atoms with Gasteiger partial charge in [0.05, 0.1) is 6.54 Å². The predicted octanol–water partition coefficient (Wildman–Crippen LogP) is 3.22. The van der Waals surface area contributed by atoms with Crippen LogP contribution in [0.25, 0.3) is 0 Å². The molecule has 5 heteroatoms. The van der Waals surface area contributed by atoms with E-state index in [9.17, 15) is 14.0 Å². The maximum atomic E-state index is 13.3. The van der Waals surface area contributed by atoms with Gasteiger partial charge in [0, 0.05) is 0 Å². The fourth-order valence-electron chi connectivity index (χ4n) is 3.63. The van der Waals surface area contributed by atoms with E-state index in [4.69, 9.17) is 0 Å². The van der Waals surface area contributed by atoms with Gasteiger partial charge < -0.3 is 5.32 Å². The second-order valence-corrected chi connectivity index (χ2v) is 6.49. The van der Waals surface area contributed by atoms with Gasteiger partial charge in [-0.2, -0.15) is 0 Å². The van der Waals surface area contributed by atoms with Gasteiger partial charge in [0.1, 0.15) is 11.4 Å². The summed E-state index contributed by atoms with van der Waals surface area (Å²) >= 11 is 0. The molecule has 1 aromatic carbocycles. The second-order valence-electron chi connectivity index (χ2n) is 6.49. The van der Waals surface area contributed by atoms with Gasteiger partial charge in [-0.05, 0) is 43.4 Å². The minimum absolute atomic E-state index is 0.116. The lowest BCUT2D eigenvalue weighted by Crippen LogP contribution is -2.51. The Labute approximate surface area is 129 Å². The van der Waals surface area contributed by atoms with Crippen LogP contribution >= 0.6 is 0 Å². The first-order valence-electron chi connectivity index (χ1n) is 7.89. The number of amides is 3. The van der Waals surface area contributed by atoms with E-state index in [1.54, 1.807) is 12.1 Å². The number of imide groups is 1. The van der Waals surface area contributed by atoms with E-state index in [1.165, 1.54) is 23.5 Å². The SMILES string of the molecule is C[C@@]1(C2CCCCC2)NC(=O)N(Cc2cccc(F)c2)C1=O. The molecular weight excluding hydrogens is 283 g/mol. The number of nitrogens with one attached hydrogen (secondary N) is 1. The van der Waals surface area contributed by atoms with Gasteiger partial charge in [-0.25, -0.2) is 9.18 Å². The number of benzene rings is 1. The van der Waals surface area contributed by atoms with Gasteiger partial charge in [-0.1, -0.05) is 31.4 Å². The molecule has 1 atom stereocenters. The minimum Gasteiger partial charge on any atom is -0.323 e. The summed E-state index contributed by atoms with van der Waals surface area (Å²) in [4.78, 5) is 26.2. The quantitative estimate of drug-likeness (QED) is 0.872. The lowest BCUT2D eigenvalue weighted by molar-refractivity contribution is -0.133. The van der Waals surface area contributed by atoms with Crippen LogP contribution in [-0.2, 0) is 11.3 Å². The molecule has 0 radical (unpaired) electrons. The van der Waals surface area contributed by atoms with Crippen molar-refractivity contribution in [2.24, 2.45) is 5.92 Å². The minimum atomic E-state index is -0.815. The van der Waals surface area contributed by atoms with Gasteiger partial charge >= 0.3 is 6.03 Å². The first-order chi connectivity index (χ1) is 10.5. The molecule has 4 nitrogen and oxygen atoms in total. The fraction of sp³-hybridized carbons (Fsp3) is 0.529. The van der Waals surface area contributed by atoms with Gasteiger partial charge in [0.25, 0.3) is 5.91 Å². The molecule has 1 aromatic rings. The smallest absolute Gasteiger partial charge is 0.323 e. The highest BCUT2D eigenvalue weighted by atomic mass is 19.1. The summed E-state index contributed by atoms with van der Waals surface area (Å²) in [6.45, 7) is 1.94. The number of hydrogen-bond acceptors (Lipinski definition) is 2. The molecule has 118 valence electrons. The van der Waals surface area contributed by atoms with Gasteiger partial charge in [0.2, 0.25) is 0 Å². The van der Waals surface area contributed by atoms with Crippen LogP contribution in [0.1, 0.15) is 44.6 Å². The zero-order valence-corrected chi connectivity index (χ0v) is 12.8. The molecule has 1 saturated heterocycles. The molecule has 2 fully saturated rings. The van der Waals surface area contributed by atoms with Crippen molar-refractivity contribution in [3.8, 4) is 0 Å². The highest BCUT2D eigenvalue weighted by Gasteiger charge is 2.52. The number of rotatable bonds is 3. The number of nitrogens with zero attached hydrogens (tertiary/aromatic N) is 1. The van der Waals surface area contributed by atoms with Crippen LogP contribution in [0.3, 0.4) is 0 Å². The number of carbonyl (C=O) groups excluding carboxylic acids is 2. The summed E-state index contributed by atoms with van der Waals surface area (Å²) in [5, 5.41) is 2.88. The molecule has 2 aliphatic rings. The second kappa shape index (κ2) is 5.71. The van der Waals surface area contributed by atoms with E-state index in [1.807, 2.05) is 6.92 Å². The predicted molar refractivity (Wildman–Crippen MR) is 80.5 cm³/mol. The van der Waals surface area contributed by atoms with E-state index in [-0.39, 0.29) is 30.2 Å². The standard InChI is InChI=1S/C17H21FN2O2/c1-17(13-7-3-2-4-8-13)15(21)20(16(22)19-17)11-12-6-5-9-14(18)10-12/h5-6,9-10,13H,2-4,7-8,11H2,1H3,(H,19,22)/t17-/m0/s1. The Bertz CT molecular complexity index is 598. The van der Waals surface area contributed by atoms with E-state index >= 15 is 0 Å². The Morgan fingerprint density at radius 3 is 2.68 bits per heavy atom. The molecule has 0 spiro atoms. The third-order valence-corrected chi connectivity index (χ3v) is 4.95. The molecule has 0 bridgehead atoms. The lowest BCUT2D eigenvalue weighted by atomic mass is 9.75. The van der Waals surface area contributed by atoms with Crippen LogP contribution in [0, 0.1) is 11.7 Å². The zero-order valence-electron chi connectivity index (χ0n) is 12.8. The van der Waals surface area contributed by atoms with Crippen molar-refractivity contribution in [2.45, 2.75) is 51.1 Å². The van der Waals surface area contributed by atoms with Crippen molar-refractivity contribution >= 4 is 11.9 Å². The van der Waals surface area contributed by atoms with E-state index in [2.05, 4.69) is 5.32 Å². The maximum Gasteiger partial charge on any atom is 0.325 e. The van der Waals surface area contributed by atoms with Gasteiger partial charge in [-0.15, -0.1) is 0 Å². The lowest BCUT2D eigenvalue weighted by Gasteiger charge is -2.34. The maximum absolute atomic E-state index is 13.3. The Morgan fingerprint density at radius 2 is 2.00 bits per heavy atom. The average Bonchev–Trinajstić information content (AvgIpc) is 2.73. The third kappa shape index (κ3) is 2.60. The Morgan fingerprint density at radius 1 is 1.27 bits per heavy atom. The monoisotopic (exact) mass is 304 g/mol. The van der Waals surface area contributed by atoms with Gasteiger partial charge in [0.15, 0.2) is 0 Å². The topological polar surface area (TPSA) is 49.4 Å². The largest absolute Gasteiger partial charge is 0.325 e. The summed E-state index contributed by atoms with van der Waals surface area (Å²) in [6, 6.07) is 5.64. The molecule has 1 aliphatic heterocycles. The van der Waals surface area contributed by atoms with E-state index in [0.29, 0.717) is 5.56 Å². The zero-order chi connectivity index (χ0) is 15.7. The van der Waals surface area contributed by atoms with Crippen molar-refractivity contribution in [1.82, 2.24) is 10.2 Å². The van der Waals surface area contributed by atoms with Crippen LogP contribution in [0.4, 0.5) is 9.18 Å². The van der Waals surface area contributed by atoms with Gasteiger partial charge in [-0.3, -0.25) is 9.69 Å². The third-order valence-electron chi connectivity index (χ3n) is 4.95. The number of urea groups is 1. The normalized spacial score (nSPS) is 26.4. The van der Waals surface area contributed by atoms with Crippen LogP contribution < -0.4 is 5.32 Å². The first kappa shape index (κ1) is 15.0. The highest BCUT2D eigenvalue weighted by Crippen LogP contribution is 2.36. The summed E-state index contributed by atoms with van der Waals surface area (Å²) in [6.07, 6.45) is 5.34. The van der Waals surface area contributed by atoms with Crippen LogP contribution in [-0.4, -0.2) is 22.4 Å². The molecule has 1 N–H and O–H groups in total. The Balaban J connectivity index is 1.79. The summed E-state index contributed by atoms with van der Waals surface area (Å²) in [5.74, 6) is -0.358. The van der Waals surface area contributed by atoms with Crippen molar-refractivity contribution < 1.29 is 14.0 Å². The van der Waals surface area contributed by atoms with Crippen LogP contribution in [0.15, 0.2) is 24.3 Å². The highest BCUT2D eigenvalue weighted by molar-refractivity contribution is 6.06. The Kier molecular flexibility index (Phi) is 3.89. The summed E-state index contributed by atoms with van der Waals surface area (Å²) in [7, 11) is 0. The van der Waals surface area contributed by atoms with Crippen LogP contribution in [0.5, 0.6) is 0 Å². The number of carbonyl (C=O) groups is 2. The van der Waals surface area contributed by atoms with E-state index < -0.39 is 5.54 Å². The van der Waals surface area contributed by atoms with Crippen LogP contribution in [0.2, 0.25) is 0 Å². The van der Waals surface area contributed by atoms with Crippen molar-refractivity contribution in [3.05, 3.63) is 35.6 Å². The molecule has 1 heterocycles. The molecule has 0 unspecified atom stereocenters. The molecule has 1 aliphatic carbocycles. The molecule has 22 heavy (non-hydrogen) atoms.